The molecule has 0 radical (unpaired) electrons. The fraction of sp³-hybridized carbons (Fsp3) is 0.188. The van der Waals surface area contributed by atoms with Crippen LogP contribution in [0.15, 0.2) is 115 Å². The van der Waals surface area contributed by atoms with Gasteiger partial charge in [0.15, 0.2) is 0 Å². The maximum atomic E-state index is 13.8. The molecule has 0 spiro atoms. The Morgan fingerprint density at radius 3 is 1.89 bits per heavy atom. The molecule has 0 aliphatic rings. The molecule has 2 amide bonds. The molecule has 0 saturated carbocycles. The molecule has 1 N–H and O–H groups in total. The number of methoxy groups -OCH3 is 1. The predicted octanol–water partition coefficient (Wildman–Crippen LogP) is 5.19. The van der Waals surface area contributed by atoms with Crippen molar-refractivity contribution in [2.24, 2.45) is 0 Å². The largest absolute Gasteiger partial charge is 0.496 e. The summed E-state index contributed by atoms with van der Waals surface area (Å²) in [5, 5.41) is 3.07. The zero-order chi connectivity index (χ0) is 25.9. The highest BCUT2D eigenvalue weighted by Gasteiger charge is 2.30. The number of rotatable bonds is 11. The van der Waals surface area contributed by atoms with E-state index in [4.69, 9.17) is 4.74 Å². The monoisotopic (exact) mass is 492 g/mol. The first-order chi connectivity index (χ1) is 18.1. The minimum absolute atomic E-state index is 0.0941. The molecule has 0 aliphatic heterocycles. The van der Waals surface area contributed by atoms with Gasteiger partial charge in [0.05, 0.1) is 13.5 Å². The van der Waals surface area contributed by atoms with Crippen molar-refractivity contribution < 1.29 is 14.3 Å². The van der Waals surface area contributed by atoms with Gasteiger partial charge < -0.3 is 15.0 Å². The van der Waals surface area contributed by atoms with E-state index in [-0.39, 0.29) is 18.2 Å². The second-order valence-corrected chi connectivity index (χ2v) is 8.90. The van der Waals surface area contributed by atoms with Crippen LogP contribution in [0.5, 0.6) is 5.75 Å². The lowest BCUT2D eigenvalue weighted by Gasteiger charge is -2.32. The van der Waals surface area contributed by atoms with E-state index in [1.165, 1.54) is 0 Å². The number of carbonyl (C=O) groups excluding carboxylic acids is 2. The first kappa shape index (κ1) is 25.7. The Kier molecular flexibility index (Phi) is 9.08. The number of ether oxygens (including phenoxy) is 1. The van der Waals surface area contributed by atoms with Gasteiger partial charge in [0.2, 0.25) is 11.8 Å². The van der Waals surface area contributed by atoms with E-state index >= 15 is 0 Å². The van der Waals surface area contributed by atoms with Gasteiger partial charge in [0.1, 0.15) is 11.8 Å². The molecule has 0 saturated heterocycles. The minimum Gasteiger partial charge on any atom is -0.496 e. The Hall–Kier alpha value is -4.38. The molecule has 0 unspecified atom stereocenters. The van der Waals surface area contributed by atoms with Gasteiger partial charge in [0, 0.05) is 25.1 Å². The van der Waals surface area contributed by atoms with Crippen LogP contribution in [0.4, 0.5) is 0 Å². The Morgan fingerprint density at radius 1 is 0.730 bits per heavy atom. The summed E-state index contributed by atoms with van der Waals surface area (Å²) < 4.78 is 5.45. The molecule has 188 valence electrons. The molecule has 0 bridgehead atoms. The van der Waals surface area contributed by atoms with Crippen LogP contribution in [0.3, 0.4) is 0 Å². The SMILES string of the molecule is COc1ccccc1CNC(=O)[C@@H](Cc1ccccc1)N(Cc1ccccc1)C(=O)Cc1ccccc1. The molecule has 5 heteroatoms. The van der Waals surface area contributed by atoms with Crippen LogP contribution in [0.25, 0.3) is 0 Å². The van der Waals surface area contributed by atoms with Crippen LogP contribution in [0.1, 0.15) is 22.3 Å². The van der Waals surface area contributed by atoms with Gasteiger partial charge in [-0.25, -0.2) is 0 Å². The fourth-order valence-electron chi connectivity index (χ4n) is 4.36. The van der Waals surface area contributed by atoms with E-state index in [1.807, 2.05) is 115 Å². The molecule has 5 nitrogen and oxygen atoms in total. The summed E-state index contributed by atoms with van der Waals surface area (Å²) in [6.45, 7) is 0.645. The third kappa shape index (κ3) is 7.31. The van der Waals surface area contributed by atoms with Crippen molar-refractivity contribution >= 4 is 11.8 Å². The van der Waals surface area contributed by atoms with Gasteiger partial charge >= 0.3 is 0 Å². The van der Waals surface area contributed by atoms with Crippen molar-refractivity contribution in [3.63, 3.8) is 0 Å². The van der Waals surface area contributed by atoms with Crippen LogP contribution < -0.4 is 10.1 Å². The first-order valence-corrected chi connectivity index (χ1v) is 12.4. The van der Waals surface area contributed by atoms with Gasteiger partial charge in [-0.2, -0.15) is 0 Å². The quantitative estimate of drug-likeness (QED) is 0.313. The molecular formula is C32H32N2O3. The molecule has 4 aromatic carbocycles. The third-order valence-electron chi connectivity index (χ3n) is 6.31. The summed E-state index contributed by atoms with van der Waals surface area (Å²) in [7, 11) is 1.61. The maximum Gasteiger partial charge on any atom is 0.243 e. The van der Waals surface area contributed by atoms with E-state index in [0.717, 1.165) is 22.3 Å². The Labute approximate surface area is 218 Å². The van der Waals surface area contributed by atoms with Crippen LogP contribution in [-0.4, -0.2) is 29.9 Å². The number of amides is 2. The molecule has 4 aromatic rings. The zero-order valence-electron chi connectivity index (χ0n) is 21.0. The van der Waals surface area contributed by atoms with Crippen molar-refractivity contribution in [3.05, 3.63) is 138 Å². The standard InChI is InChI=1S/C32H32N2O3/c1-37-30-20-12-11-19-28(30)23-33-32(36)29(21-25-13-5-2-6-14-25)34(24-27-17-9-4-10-18-27)31(35)22-26-15-7-3-8-16-26/h2-20,29H,21-24H2,1H3,(H,33,36)/t29-/m1/s1. The number of hydrogen-bond acceptors (Lipinski definition) is 3. The molecular weight excluding hydrogens is 460 g/mol. The molecule has 0 aliphatic carbocycles. The molecule has 1 atom stereocenters. The minimum atomic E-state index is -0.687. The number of carbonyl (C=O) groups is 2. The first-order valence-electron chi connectivity index (χ1n) is 12.4. The van der Waals surface area contributed by atoms with Gasteiger partial charge in [-0.15, -0.1) is 0 Å². The van der Waals surface area contributed by atoms with Crippen LogP contribution in [-0.2, 0) is 35.5 Å². The highest BCUT2D eigenvalue weighted by atomic mass is 16.5. The Morgan fingerprint density at radius 2 is 1.27 bits per heavy atom. The van der Waals surface area contributed by atoms with E-state index in [1.54, 1.807) is 12.0 Å². The van der Waals surface area contributed by atoms with E-state index < -0.39 is 6.04 Å². The molecule has 0 heterocycles. The topological polar surface area (TPSA) is 58.6 Å². The van der Waals surface area contributed by atoms with Gasteiger partial charge in [-0.05, 0) is 22.8 Å². The van der Waals surface area contributed by atoms with Crippen LogP contribution >= 0.6 is 0 Å². The predicted molar refractivity (Wildman–Crippen MR) is 146 cm³/mol. The maximum absolute atomic E-state index is 13.8. The van der Waals surface area contributed by atoms with E-state index in [2.05, 4.69) is 5.32 Å². The number of nitrogens with zero attached hydrogens (tertiary/aromatic N) is 1. The second kappa shape index (κ2) is 13.1. The summed E-state index contributed by atoms with van der Waals surface area (Å²) in [4.78, 5) is 29.2. The number of para-hydroxylation sites is 1. The summed E-state index contributed by atoms with van der Waals surface area (Å²) in [5.41, 5.74) is 3.76. The third-order valence-corrected chi connectivity index (χ3v) is 6.31. The van der Waals surface area contributed by atoms with E-state index in [9.17, 15) is 9.59 Å². The summed E-state index contributed by atoms with van der Waals surface area (Å²) in [6.07, 6.45) is 0.630. The van der Waals surface area contributed by atoms with Crippen molar-refractivity contribution in [2.45, 2.75) is 32.0 Å². The van der Waals surface area contributed by atoms with E-state index in [0.29, 0.717) is 25.3 Å². The number of nitrogens with one attached hydrogen (secondary N) is 1. The average Bonchev–Trinajstić information content (AvgIpc) is 2.95. The van der Waals surface area contributed by atoms with Crippen molar-refractivity contribution in [1.82, 2.24) is 10.2 Å². The van der Waals surface area contributed by atoms with Crippen molar-refractivity contribution in [2.75, 3.05) is 7.11 Å². The lowest BCUT2D eigenvalue weighted by atomic mass is 10.0. The summed E-state index contributed by atoms with van der Waals surface area (Å²) in [5.74, 6) is 0.416. The Balaban J connectivity index is 1.63. The lowest BCUT2D eigenvalue weighted by Crippen LogP contribution is -2.50. The van der Waals surface area contributed by atoms with Gasteiger partial charge in [0.25, 0.3) is 0 Å². The highest BCUT2D eigenvalue weighted by molar-refractivity contribution is 5.88. The summed E-state index contributed by atoms with van der Waals surface area (Å²) >= 11 is 0. The van der Waals surface area contributed by atoms with Crippen LogP contribution in [0.2, 0.25) is 0 Å². The number of benzene rings is 4. The Bertz CT molecular complexity index is 1280. The van der Waals surface area contributed by atoms with Crippen molar-refractivity contribution in [3.8, 4) is 5.75 Å². The normalized spacial score (nSPS) is 11.4. The fourth-order valence-corrected chi connectivity index (χ4v) is 4.36. The molecule has 0 aromatic heterocycles. The average molecular weight is 493 g/mol. The molecule has 4 rings (SSSR count). The lowest BCUT2D eigenvalue weighted by molar-refractivity contribution is -0.140. The zero-order valence-corrected chi connectivity index (χ0v) is 21.0. The van der Waals surface area contributed by atoms with Gasteiger partial charge in [-0.3, -0.25) is 9.59 Å². The molecule has 0 fully saturated rings. The molecule has 37 heavy (non-hydrogen) atoms. The smallest absolute Gasteiger partial charge is 0.243 e. The second-order valence-electron chi connectivity index (χ2n) is 8.90. The van der Waals surface area contributed by atoms with Gasteiger partial charge in [-0.1, -0.05) is 109 Å². The highest BCUT2D eigenvalue weighted by Crippen LogP contribution is 2.19. The summed E-state index contributed by atoms with van der Waals surface area (Å²) in [6, 6.07) is 36.2. The number of hydrogen-bond donors (Lipinski definition) is 1. The van der Waals surface area contributed by atoms with Crippen molar-refractivity contribution in [1.29, 1.82) is 0 Å². The van der Waals surface area contributed by atoms with Crippen LogP contribution in [0, 0.1) is 0 Å².